The number of hydrogen-bond acceptors (Lipinski definition) is 3. The monoisotopic (exact) mass is 347 g/mol. The van der Waals surface area contributed by atoms with Gasteiger partial charge >= 0.3 is 6.09 Å². The van der Waals surface area contributed by atoms with Crippen molar-refractivity contribution in [2.24, 2.45) is 0 Å². The summed E-state index contributed by atoms with van der Waals surface area (Å²) >= 11 is 0. The number of ether oxygens (including phenoxy) is 1. The minimum Gasteiger partial charge on any atom is -0.549 e. The molecule has 0 atom stereocenters. The molecule has 4 nitrogen and oxygen atoms in total. The van der Waals surface area contributed by atoms with Gasteiger partial charge in [0.05, 0.1) is 19.9 Å². The van der Waals surface area contributed by atoms with E-state index in [4.69, 9.17) is 9.16 Å². The summed E-state index contributed by atoms with van der Waals surface area (Å²) in [6.07, 6.45) is 6.61. The van der Waals surface area contributed by atoms with Gasteiger partial charge < -0.3 is 9.16 Å². The van der Waals surface area contributed by atoms with E-state index in [0.29, 0.717) is 6.54 Å². The van der Waals surface area contributed by atoms with E-state index < -0.39 is 14.4 Å². The van der Waals surface area contributed by atoms with Gasteiger partial charge in [0.2, 0.25) is 8.32 Å². The standard InChI is InChI=1S/C19H29NO3Si/c1-19(2,3)24(5,6)23-15-11-10-14-20(18(21)22-4)16-17-12-8-7-9-13-17/h7-15H,16H2,1-6H3/b14-10+,15-11+. The molecule has 24 heavy (non-hydrogen) atoms. The molecule has 0 saturated carbocycles. The first-order chi connectivity index (χ1) is 11.2. The Balaban J connectivity index is 2.68. The molecule has 0 aliphatic heterocycles. The van der Waals surface area contributed by atoms with E-state index in [1.807, 2.05) is 30.3 Å². The Kier molecular flexibility index (Phi) is 7.29. The second-order valence-corrected chi connectivity index (χ2v) is 11.9. The van der Waals surface area contributed by atoms with Crippen LogP contribution in [0.4, 0.5) is 4.79 Å². The number of allylic oxidation sites excluding steroid dienone is 2. The second kappa shape index (κ2) is 8.73. The highest BCUT2D eigenvalue weighted by atomic mass is 28.4. The molecule has 0 aromatic heterocycles. The third-order valence-electron chi connectivity index (χ3n) is 4.23. The Hall–Kier alpha value is -2.01. The van der Waals surface area contributed by atoms with Crippen molar-refractivity contribution in [2.75, 3.05) is 7.11 Å². The van der Waals surface area contributed by atoms with E-state index in [9.17, 15) is 4.79 Å². The van der Waals surface area contributed by atoms with Crippen LogP contribution in [0.1, 0.15) is 26.3 Å². The van der Waals surface area contributed by atoms with E-state index >= 15 is 0 Å². The van der Waals surface area contributed by atoms with E-state index in [-0.39, 0.29) is 5.04 Å². The third kappa shape index (κ3) is 6.24. The first kappa shape index (κ1) is 20.0. The van der Waals surface area contributed by atoms with E-state index in [0.717, 1.165) is 5.56 Å². The summed E-state index contributed by atoms with van der Waals surface area (Å²) in [5.74, 6) is 0. The molecule has 5 heteroatoms. The van der Waals surface area contributed by atoms with Crippen LogP contribution in [-0.2, 0) is 15.7 Å². The van der Waals surface area contributed by atoms with Crippen LogP contribution in [0.15, 0.2) is 54.9 Å². The summed E-state index contributed by atoms with van der Waals surface area (Å²) < 4.78 is 10.8. The Morgan fingerprint density at radius 3 is 2.33 bits per heavy atom. The van der Waals surface area contributed by atoms with Crippen molar-refractivity contribution in [3.8, 4) is 0 Å². The predicted molar refractivity (Wildman–Crippen MR) is 101 cm³/mol. The number of carbonyl (C=O) groups is 1. The van der Waals surface area contributed by atoms with Crippen molar-refractivity contribution in [3.05, 3.63) is 60.5 Å². The van der Waals surface area contributed by atoms with E-state index in [1.54, 1.807) is 24.6 Å². The summed E-state index contributed by atoms with van der Waals surface area (Å²) in [7, 11) is -0.418. The van der Waals surface area contributed by atoms with Crippen LogP contribution in [0.25, 0.3) is 0 Å². The van der Waals surface area contributed by atoms with Crippen LogP contribution in [-0.4, -0.2) is 26.4 Å². The Morgan fingerprint density at radius 2 is 1.79 bits per heavy atom. The maximum absolute atomic E-state index is 11.9. The Morgan fingerprint density at radius 1 is 1.17 bits per heavy atom. The summed E-state index contributed by atoms with van der Waals surface area (Å²) in [4.78, 5) is 13.4. The lowest BCUT2D eigenvalue weighted by Gasteiger charge is -2.34. The average molecular weight is 348 g/mol. The summed E-state index contributed by atoms with van der Waals surface area (Å²) in [6, 6.07) is 9.78. The van der Waals surface area contributed by atoms with Crippen molar-refractivity contribution in [1.29, 1.82) is 0 Å². The molecule has 0 spiro atoms. The fourth-order valence-corrected chi connectivity index (χ4v) is 2.43. The van der Waals surface area contributed by atoms with Crippen molar-refractivity contribution in [2.45, 2.75) is 45.4 Å². The van der Waals surface area contributed by atoms with Gasteiger partial charge in [-0.15, -0.1) is 0 Å². The van der Waals surface area contributed by atoms with Crippen LogP contribution in [0, 0.1) is 0 Å². The molecule has 0 aliphatic rings. The Labute approximate surface area is 146 Å². The fourth-order valence-electron chi connectivity index (χ4n) is 1.66. The molecule has 1 aromatic carbocycles. The molecule has 0 bridgehead atoms. The van der Waals surface area contributed by atoms with Crippen molar-refractivity contribution < 1.29 is 14.0 Å². The Bertz CT molecular complexity index is 574. The molecule has 0 radical (unpaired) electrons. The molecule has 1 aromatic rings. The van der Waals surface area contributed by atoms with Crippen LogP contribution in [0.5, 0.6) is 0 Å². The van der Waals surface area contributed by atoms with Crippen LogP contribution >= 0.6 is 0 Å². The number of nitrogens with zero attached hydrogens (tertiary/aromatic N) is 1. The predicted octanol–water partition coefficient (Wildman–Crippen LogP) is 5.30. The number of rotatable bonds is 6. The lowest BCUT2D eigenvalue weighted by Crippen LogP contribution is -2.39. The zero-order valence-corrected chi connectivity index (χ0v) is 16.6. The van der Waals surface area contributed by atoms with Gasteiger partial charge in [-0.05, 0) is 35.8 Å². The van der Waals surface area contributed by atoms with Gasteiger partial charge in [0, 0.05) is 6.20 Å². The fraction of sp³-hybridized carbons (Fsp3) is 0.421. The summed E-state index contributed by atoms with van der Waals surface area (Å²) in [6.45, 7) is 11.4. The largest absolute Gasteiger partial charge is 0.549 e. The molecule has 0 heterocycles. The van der Waals surface area contributed by atoms with Crippen molar-refractivity contribution in [3.63, 3.8) is 0 Å². The van der Waals surface area contributed by atoms with Gasteiger partial charge in [-0.25, -0.2) is 4.79 Å². The lowest BCUT2D eigenvalue weighted by atomic mass is 10.2. The van der Waals surface area contributed by atoms with Gasteiger partial charge in [0.15, 0.2) is 0 Å². The second-order valence-electron chi connectivity index (χ2n) is 7.13. The third-order valence-corrected chi connectivity index (χ3v) is 8.57. The molecule has 0 saturated heterocycles. The maximum atomic E-state index is 11.9. The van der Waals surface area contributed by atoms with E-state index in [2.05, 4.69) is 33.9 Å². The van der Waals surface area contributed by atoms with Gasteiger partial charge in [0.1, 0.15) is 0 Å². The highest BCUT2D eigenvalue weighted by Gasteiger charge is 2.37. The van der Waals surface area contributed by atoms with Gasteiger partial charge in [-0.1, -0.05) is 51.1 Å². The van der Waals surface area contributed by atoms with Gasteiger partial charge in [-0.2, -0.15) is 0 Å². The molecule has 1 rings (SSSR count). The number of amides is 1. The van der Waals surface area contributed by atoms with Crippen molar-refractivity contribution >= 4 is 14.4 Å². The molecule has 0 fully saturated rings. The quantitative estimate of drug-likeness (QED) is 0.398. The molecule has 0 aliphatic carbocycles. The first-order valence-electron chi connectivity index (χ1n) is 8.07. The molecular formula is C19H29NO3Si. The smallest absolute Gasteiger partial charge is 0.413 e. The highest BCUT2D eigenvalue weighted by Crippen LogP contribution is 2.36. The zero-order chi connectivity index (χ0) is 18.2. The van der Waals surface area contributed by atoms with Crippen LogP contribution in [0.2, 0.25) is 18.1 Å². The maximum Gasteiger partial charge on any atom is 0.413 e. The molecule has 0 N–H and O–H groups in total. The normalized spacial score (nSPS) is 12.6. The molecular weight excluding hydrogens is 318 g/mol. The minimum atomic E-state index is -1.80. The van der Waals surface area contributed by atoms with Crippen LogP contribution in [0.3, 0.4) is 0 Å². The summed E-state index contributed by atoms with van der Waals surface area (Å²) in [5, 5.41) is 0.159. The molecule has 0 unspecified atom stereocenters. The number of hydrogen-bond donors (Lipinski definition) is 0. The SMILES string of the molecule is COC(=O)N(/C=C/C=C/O[Si](C)(C)C(C)(C)C)Cc1ccccc1. The first-order valence-corrected chi connectivity index (χ1v) is 11.0. The lowest BCUT2D eigenvalue weighted by molar-refractivity contribution is 0.138. The number of carbonyl (C=O) groups excluding carboxylic acids is 1. The average Bonchev–Trinajstić information content (AvgIpc) is 2.52. The van der Waals surface area contributed by atoms with Crippen molar-refractivity contribution in [1.82, 2.24) is 4.90 Å². The molecule has 1 amide bonds. The highest BCUT2D eigenvalue weighted by molar-refractivity contribution is 6.74. The number of benzene rings is 1. The van der Waals surface area contributed by atoms with Crippen LogP contribution < -0.4 is 0 Å². The zero-order valence-electron chi connectivity index (χ0n) is 15.6. The van der Waals surface area contributed by atoms with E-state index in [1.165, 1.54) is 12.0 Å². The topological polar surface area (TPSA) is 38.8 Å². The molecule has 132 valence electrons. The minimum absolute atomic E-state index is 0.159. The number of methoxy groups -OCH3 is 1. The summed E-state index contributed by atoms with van der Waals surface area (Å²) in [5.41, 5.74) is 1.04. The van der Waals surface area contributed by atoms with Gasteiger partial charge in [0.25, 0.3) is 0 Å². The van der Waals surface area contributed by atoms with Gasteiger partial charge in [-0.3, -0.25) is 4.90 Å².